The van der Waals surface area contributed by atoms with Crippen molar-refractivity contribution in [2.75, 3.05) is 6.54 Å². The lowest BCUT2D eigenvalue weighted by molar-refractivity contribution is 0.0720. The van der Waals surface area contributed by atoms with Gasteiger partial charge in [0.15, 0.2) is 0 Å². The maximum absolute atomic E-state index is 13.4. The van der Waals surface area contributed by atoms with Gasteiger partial charge in [-0.1, -0.05) is 0 Å². The highest BCUT2D eigenvalue weighted by atomic mass is 19.1. The summed E-state index contributed by atoms with van der Waals surface area (Å²) < 4.78 is 14.6. The van der Waals surface area contributed by atoms with E-state index in [0.717, 1.165) is 6.20 Å². The first-order valence-electron chi connectivity index (χ1n) is 7.39. The SMILES string of the molecule is O=C(c1ncccn1)N1CCc2nc3ccc(F)cn3c(=O)c2C1. The Hall–Kier alpha value is -3.16. The van der Waals surface area contributed by atoms with E-state index in [1.807, 2.05) is 0 Å². The number of pyridine rings is 1. The Morgan fingerprint density at radius 1 is 1.21 bits per heavy atom. The predicted octanol–water partition coefficient (Wildman–Crippen LogP) is 0.822. The fourth-order valence-corrected chi connectivity index (χ4v) is 2.80. The third-order valence-electron chi connectivity index (χ3n) is 3.98. The molecule has 4 rings (SSSR count). The Morgan fingerprint density at radius 2 is 2.00 bits per heavy atom. The predicted molar refractivity (Wildman–Crippen MR) is 81.9 cm³/mol. The van der Waals surface area contributed by atoms with Gasteiger partial charge >= 0.3 is 0 Å². The molecule has 0 saturated heterocycles. The molecule has 1 amide bonds. The zero-order valence-corrected chi connectivity index (χ0v) is 12.5. The fourth-order valence-electron chi connectivity index (χ4n) is 2.80. The van der Waals surface area contributed by atoms with Crippen LogP contribution in [0.5, 0.6) is 0 Å². The summed E-state index contributed by atoms with van der Waals surface area (Å²) in [5, 5.41) is 0. The van der Waals surface area contributed by atoms with Crippen molar-refractivity contribution in [1.29, 1.82) is 0 Å². The highest BCUT2D eigenvalue weighted by Gasteiger charge is 2.26. The number of fused-ring (bicyclic) bond motifs is 2. The molecule has 0 saturated carbocycles. The summed E-state index contributed by atoms with van der Waals surface area (Å²) in [4.78, 5) is 38.9. The monoisotopic (exact) mass is 325 g/mol. The van der Waals surface area contributed by atoms with Gasteiger partial charge in [0.25, 0.3) is 11.5 Å². The molecule has 0 spiro atoms. The minimum Gasteiger partial charge on any atom is -0.331 e. The lowest BCUT2D eigenvalue weighted by Gasteiger charge is -2.27. The molecule has 0 unspecified atom stereocenters. The molecule has 0 N–H and O–H groups in total. The molecule has 1 aliphatic rings. The summed E-state index contributed by atoms with van der Waals surface area (Å²) in [7, 11) is 0. The summed E-state index contributed by atoms with van der Waals surface area (Å²) >= 11 is 0. The van der Waals surface area contributed by atoms with Gasteiger partial charge in [0.05, 0.1) is 17.8 Å². The smallest absolute Gasteiger partial charge is 0.291 e. The molecule has 0 fully saturated rings. The van der Waals surface area contributed by atoms with Crippen LogP contribution in [-0.2, 0) is 13.0 Å². The second-order valence-corrected chi connectivity index (χ2v) is 5.47. The first kappa shape index (κ1) is 14.4. The van der Waals surface area contributed by atoms with Crippen molar-refractivity contribution in [3.8, 4) is 0 Å². The van der Waals surface area contributed by atoms with E-state index in [2.05, 4.69) is 15.0 Å². The Labute approximate surface area is 135 Å². The van der Waals surface area contributed by atoms with Crippen molar-refractivity contribution in [3.05, 3.63) is 70.0 Å². The van der Waals surface area contributed by atoms with Crippen LogP contribution in [0.3, 0.4) is 0 Å². The summed E-state index contributed by atoms with van der Waals surface area (Å²) in [5.41, 5.74) is 1.07. The third kappa shape index (κ3) is 2.32. The zero-order valence-electron chi connectivity index (χ0n) is 12.5. The largest absolute Gasteiger partial charge is 0.331 e. The van der Waals surface area contributed by atoms with Crippen LogP contribution in [0.25, 0.3) is 5.65 Å². The second kappa shape index (κ2) is 5.48. The summed E-state index contributed by atoms with van der Waals surface area (Å²) in [6, 6.07) is 4.35. The highest BCUT2D eigenvalue weighted by molar-refractivity contribution is 5.90. The minimum absolute atomic E-state index is 0.0841. The van der Waals surface area contributed by atoms with Crippen LogP contribution in [0.2, 0.25) is 0 Å². The normalized spacial score (nSPS) is 13.8. The molecule has 3 aromatic heterocycles. The van der Waals surface area contributed by atoms with Crippen molar-refractivity contribution >= 4 is 11.6 Å². The zero-order chi connectivity index (χ0) is 16.7. The number of hydrogen-bond donors (Lipinski definition) is 0. The fraction of sp³-hybridized carbons (Fsp3) is 0.188. The molecule has 120 valence electrons. The molecule has 8 heteroatoms. The van der Waals surface area contributed by atoms with Crippen LogP contribution in [0.15, 0.2) is 41.6 Å². The first-order chi connectivity index (χ1) is 11.6. The summed E-state index contributed by atoms with van der Waals surface area (Å²) in [6.45, 7) is 0.533. The standard InChI is InChI=1S/C16H12FN5O2/c17-10-2-3-13-20-12-4-7-21(9-11(12)15(23)22(13)8-10)16(24)14-18-5-1-6-19-14/h1-3,5-6,8H,4,7,9H2. The van der Waals surface area contributed by atoms with Gasteiger partial charge in [0, 0.05) is 31.6 Å². The average molecular weight is 325 g/mol. The highest BCUT2D eigenvalue weighted by Crippen LogP contribution is 2.16. The Balaban J connectivity index is 1.75. The topological polar surface area (TPSA) is 80.5 Å². The van der Waals surface area contributed by atoms with Crippen molar-refractivity contribution in [2.24, 2.45) is 0 Å². The minimum atomic E-state index is -0.521. The molecular weight excluding hydrogens is 313 g/mol. The van der Waals surface area contributed by atoms with Gasteiger partial charge in [0.2, 0.25) is 5.82 Å². The molecule has 3 aromatic rings. The van der Waals surface area contributed by atoms with E-state index >= 15 is 0 Å². The van der Waals surface area contributed by atoms with Gasteiger partial charge < -0.3 is 4.90 Å². The van der Waals surface area contributed by atoms with Gasteiger partial charge in [-0.3, -0.25) is 14.0 Å². The van der Waals surface area contributed by atoms with Crippen LogP contribution >= 0.6 is 0 Å². The molecule has 0 atom stereocenters. The number of nitrogens with zero attached hydrogens (tertiary/aromatic N) is 5. The van der Waals surface area contributed by atoms with Crippen molar-refractivity contribution < 1.29 is 9.18 Å². The van der Waals surface area contributed by atoms with E-state index in [4.69, 9.17) is 0 Å². The Bertz CT molecular complexity index is 1000. The van der Waals surface area contributed by atoms with Gasteiger partial charge in [0.1, 0.15) is 11.5 Å². The molecule has 7 nitrogen and oxygen atoms in total. The Kier molecular flexibility index (Phi) is 3.30. The van der Waals surface area contributed by atoms with Crippen LogP contribution in [-0.4, -0.2) is 36.7 Å². The van der Waals surface area contributed by atoms with E-state index in [-0.39, 0.29) is 23.8 Å². The maximum atomic E-state index is 13.4. The van der Waals surface area contributed by atoms with E-state index in [0.29, 0.717) is 29.9 Å². The molecule has 24 heavy (non-hydrogen) atoms. The quantitative estimate of drug-likeness (QED) is 0.662. The number of halogens is 1. The summed E-state index contributed by atoms with van der Waals surface area (Å²) in [5.74, 6) is -0.779. The third-order valence-corrected chi connectivity index (χ3v) is 3.98. The van der Waals surface area contributed by atoms with Crippen molar-refractivity contribution in [3.63, 3.8) is 0 Å². The number of carbonyl (C=O) groups is 1. The van der Waals surface area contributed by atoms with Crippen LogP contribution in [0, 0.1) is 5.82 Å². The second-order valence-electron chi connectivity index (χ2n) is 5.47. The van der Waals surface area contributed by atoms with Crippen molar-refractivity contribution in [2.45, 2.75) is 13.0 Å². The number of amides is 1. The van der Waals surface area contributed by atoms with E-state index < -0.39 is 5.82 Å². The lowest BCUT2D eigenvalue weighted by Crippen LogP contribution is -2.40. The number of carbonyl (C=O) groups excluding carboxylic acids is 1. The van der Waals surface area contributed by atoms with Crippen LogP contribution < -0.4 is 5.56 Å². The van der Waals surface area contributed by atoms with Crippen LogP contribution in [0.1, 0.15) is 21.9 Å². The van der Waals surface area contributed by atoms with E-state index in [9.17, 15) is 14.0 Å². The molecule has 0 radical (unpaired) electrons. The molecule has 0 bridgehead atoms. The molecule has 0 aromatic carbocycles. The molecule has 4 heterocycles. The van der Waals surface area contributed by atoms with Gasteiger partial charge in [-0.25, -0.2) is 19.3 Å². The maximum Gasteiger partial charge on any atom is 0.291 e. The number of rotatable bonds is 1. The number of aromatic nitrogens is 4. The number of hydrogen-bond acceptors (Lipinski definition) is 5. The van der Waals surface area contributed by atoms with Crippen LogP contribution in [0.4, 0.5) is 4.39 Å². The van der Waals surface area contributed by atoms with Gasteiger partial charge in [-0.15, -0.1) is 0 Å². The van der Waals surface area contributed by atoms with Gasteiger partial charge in [-0.2, -0.15) is 0 Å². The van der Waals surface area contributed by atoms with E-state index in [1.54, 1.807) is 6.07 Å². The lowest BCUT2D eigenvalue weighted by atomic mass is 10.1. The summed E-state index contributed by atoms with van der Waals surface area (Å²) in [6.07, 6.45) is 4.54. The first-order valence-corrected chi connectivity index (χ1v) is 7.39. The molecule has 1 aliphatic heterocycles. The van der Waals surface area contributed by atoms with Crippen molar-refractivity contribution in [1.82, 2.24) is 24.3 Å². The van der Waals surface area contributed by atoms with E-state index in [1.165, 1.54) is 33.8 Å². The van der Waals surface area contributed by atoms with Gasteiger partial charge in [-0.05, 0) is 18.2 Å². The average Bonchev–Trinajstić information content (AvgIpc) is 2.62. The molecule has 0 aliphatic carbocycles. The molecular formula is C16H12FN5O2. The Morgan fingerprint density at radius 3 is 2.79 bits per heavy atom.